The Balaban J connectivity index is 2.35. The lowest BCUT2D eigenvalue weighted by Crippen LogP contribution is -2.28. The van der Waals surface area contributed by atoms with Crippen LogP contribution in [0.1, 0.15) is 15.9 Å². The third-order valence-corrected chi connectivity index (χ3v) is 2.23. The maximum Gasteiger partial charge on any atom is 0.416 e. The van der Waals surface area contributed by atoms with Gasteiger partial charge in [0.1, 0.15) is 5.75 Å². The van der Waals surface area contributed by atoms with Gasteiger partial charge in [0.15, 0.2) is 0 Å². The molecular formula is C10H8F3N3O2. The molecule has 18 heavy (non-hydrogen) atoms. The second-order valence-electron chi connectivity index (χ2n) is 3.44. The minimum atomic E-state index is -4.52. The van der Waals surface area contributed by atoms with Crippen LogP contribution in [0, 0.1) is 0 Å². The molecule has 0 bridgehead atoms. The lowest BCUT2D eigenvalue weighted by molar-refractivity contribution is -0.137. The smallest absolute Gasteiger partial charge is 0.416 e. The average Bonchev–Trinajstić information content (AvgIpc) is 3.10. The number of amides is 1. The van der Waals surface area contributed by atoms with E-state index >= 15 is 0 Å². The molecule has 1 aliphatic rings. The van der Waals surface area contributed by atoms with Crippen molar-refractivity contribution in [2.75, 3.05) is 7.11 Å². The van der Waals surface area contributed by atoms with Crippen molar-refractivity contribution in [3.8, 4) is 5.75 Å². The first-order chi connectivity index (χ1) is 8.41. The summed E-state index contributed by atoms with van der Waals surface area (Å²) in [4.78, 5) is 11.7. The molecule has 1 amide bonds. The number of hydrazone groups is 1. The van der Waals surface area contributed by atoms with Gasteiger partial charge < -0.3 is 4.74 Å². The van der Waals surface area contributed by atoms with Crippen molar-refractivity contribution in [3.63, 3.8) is 0 Å². The number of carbonyl (C=O) groups is 1. The van der Waals surface area contributed by atoms with Gasteiger partial charge in [0, 0.05) is 0 Å². The highest BCUT2D eigenvalue weighted by atomic mass is 19.4. The van der Waals surface area contributed by atoms with E-state index in [4.69, 9.17) is 4.74 Å². The van der Waals surface area contributed by atoms with Crippen LogP contribution in [0.5, 0.6) is 5.75 Å². The second kappa shape index (κ2) is 4.21. The van der Waals surface area contributed by atoms with Crippen LogP contribution in [-0.2, 0) is 6.18 Å². The van der Waals surface area contributed by atoms with Crippen LogP contribution in [0.25, 0.3) is 0 Å². The van der Waals surface area contributed by atoms with E-state index in [0.29, 0.717) is 0 Å². The number of carbonyl (C=O) groups excluding carboxylic acids is 1. The van der Waals surface area contributed by atoms with Crippen LogP contribution in [0.4, 0.5) is 13.2 Å². The van der Waals surface area contributed by atoms with Crippen LogP contribution in [0.3, 0.4) is 0 Å². The van der Waals surface area contributed by atoms with Gasteiger partial charge in [-0.25, -0.2) is 5.43 Å². The van der Waals surface area contributed by atoms with Crippen LogP contribution < -0.4 is 15.5 Å². The molecule has 1 aromatic rings. The Morgan fingerprint density at radius 1 is 1.44 bits per heavy atom. The first kappa shape index (κ1) is 12.2. The monoisotopic (exact) mass is 259 g/mol. The standard InChI is InChI=1S/C10H8F3N3O2/c1-18-7-3-2-5(10(11,12)13)4-6(7)8(17)14-9-15-16-9/h2-4H,1H3,(H2,14,15,16,17). The minimum absolute atomic E-state index is 0.0572. The quantitative estimate of drug-likeness (QED) is 0.841. The van der Waals surface area contributed by atoms with Crippen molar-refractivity contribution in [1.29, 1.82) is 0 Å². The van der Waals surface area contributed by atoms with Gasteiger partial charge >= 0.3 is 6.18 Å². The zero-order chi connectivity index (χ0) is 13.3. The predicted molar refractivity (Wildman–Crippen MR) is 56.0 cm³/mol. The van der Waals surface area contributed by atoms with Crippen molar-refractivity contribution in [2.24, 2.45) is 5.10 Å². The molecule has 2 N–H and O–H groups in total. The van der Waals surface area contributed by atoms with E-state index in [0.717, 1.165) is 18.2 Å². The van der Waals surface area contributed by atoms with Gasteiger partial charge in [0.2, 0.25) is 5.96 Å². The highest BCUT2D eigenvalue weighted by molar-refractivity contribution is 6.09. The molecule has 0 radical (unpaired) electrons. The van der Waals surface area contributed by atoms with E-state index in [2.05, 4.69) is 15.8 Å². The molecule has 0 spiro atoms. The maximum atomic E-state index is 12.5. The Labute approximate surface area is 99.6 Å². The van der Waals surface area contributed by atoms with Gasteiger partial charge in [-0.1, -0.05) is 0 Å². The number of nitrogens with one attached hydrogen (secondary N) is 2. The maximum absolute atomic E-state index is 12.5. The van der Waals surface area contributed by atoms with Crippen LogP contribution in [0.2, 0.25) is 0 Å². The molecule has 0 saturated heterocycles. The zero-order valence-corrected chi connectivity index (χ0v) is 9.13. The fourth-order valence-electron chi connectivity index (χ4n) is 1.32. The molecule has 0 aromatic heterocycles. The molecule has 0 atom stereocenters. The third kappa shape index (κ3) is 2.53. The van der Waals surface area contributed by atoms with Gasteiger partial charge in [0.25, 0.3) is 5.91 Å². The molecule has 1 aromatic carbocycles. The Kier molecular flexibility index (Phi) is 2.85. The molecule has 8 heteroatoms. The van der Waals surface area contributed by atoms with E-state index < -0.39 is 17.6 Å². The van der Waals surface area contributed by atoms with E-state index in [1.807, 2.05) is 0 Å². The molecule has 1 aliphatic heterocycles. The summed E-state index contributed by atoms with van der Waals surface area (Å²) in [6.45, 7) is 0. The highest BCUT2D eigenvalue weighted by Crippen LogP contribution is 2.32. The number of halogens is 3. The summed E-state index contributed by atoms with van der Waals surface area (Å²) in [6.07, 6.45) is -4.52. The number of rotatable bonds is 2. The molecule has 5 nitrogen and oxygen atoms in total. The number of alkyl halides is 3. The Bertz CT molecular complexity index is 526. The van der Waals surface area contributed by atoms with Gasteiger partial charge in [-0.2, -0.15) is 13.2 Å². The minimum Gasteiger partial charge on any atom is -0.496 e. The Morgan fingerprint density at radius 2 is 2.11 bits per heavy atom. The first-order valence-electron chi connectivity index (χ1n) is 4.82. The number of hydrogen-bond donors (Lipinski definition) is 2. The van der Waals surface area contributed by atoms with Crippen molar-refractivity contribution >= 4 is 11.9 Å². The Morgan fingerprint density at radius 3 is 2.61 bits per heavy atom. The summed E-state index contributed by atoms with van der Waals surface area (Å²) in [7, 11) is 1.27. The lowest BCUT2D eigenvalue weighted by Gasteiger charge is -2.11. The summed E-state index contributed by atoms with van der Waals surface area (Å²) in [6, 6.07) is 2.68. The largest absolute Gasteiger partial charge is 0.496 e. The van der Waals surface area contributed by atoms with Gasteiger partial charge in [-0.15, -0.1) is 5.10 Å². The normalized spacial score (nSPS) is 13.4. The molecule has 1 heterocycles. The van der Waals surface area contributed by atoms with Gasteiger partial charge in [0.05, 0.1) is 18.2 Å². The average molecular weight is 259 g/mol. The summed E-state index contributed by atoms with van der Waals surface area (Å²) >= 11 is 0. The topological polar surface area (TPSA) is 72.6 Å². The zero-order valence-electron chi connectivity index (χ0n) is 9.13. The molecule has 0 unspecified atom stereocenters. The van der Waals surface area contributed by atoms with Crippen molar-refractivity contribution in [1.82, 2.24) is 10.7 Å². The number of methoxy groups -OCH3 is 1. The number of hydrogen-bond acceptors (Lipinski definition) is 4. The predicted octanol–water partition coefficient (Wildman–Crippen LogP) is 1.32. The molecule has 0 saturated carbocycles. The Hall–Kier alpha value is -2.25. The van der Waals surface area contributed by atoms with Crippen molar-refractivity contribution < 1.29 is 22.7 Å². The van der Waals surface area contributed by atoms with E-state index in [9.17, 15) is 18.0 Å². The van der Waals surface area contributed by atoms with Crippen molar-refractivity contribution in [2.45, 2.75) is 6.18 Å². The molecule has 2 rings (SSSR count). The number of benzene rings is 1. The van der Waals surface area contributed by atoms with Crippen LogP contribution >= 0.6 is 0 Å². The molecular weight excluding hydrogens is 251 g/mol. The highest BCUT2D eigenvalue weighted by Gasteiger charge is 2.32. The molecule has 0 aliphatic carbocycles. The van der Waals surface area contributed by atoms with Gasteiger partial charge in [-0.05, 0) is 18.2 Å². The third-order valence-electron chi connectivity index (χ3n) is 2.23. The summed E-state index contributed by atoms with van der Waals surface area (Å²) in [5, 5.41) is 5.74. The number of ether oxygens (including phenoxy) is 1. The van der Waals surface area contributed by atoms with Crippen molar-refractivity contribution in [3.05, 3.63) is 29.3 Å². The number of guanidine groups is 1. The van der Waals surface area contributed by atoms with Crippen LogP contribution in [-0.4, -0.2) is 19.0 Å². The van der Waals surface area contributed by atoms with E-state index in [1.165, 1.54) is 7.11 Å². The fourth-order valence-corrected chi connectivity index (χ4v) is 1.32. The molecule has 96 valence electrons. The van der Waals surface area contributed by atoms with E-state index in [1.54, 1.807) is 0 Å². The van der Waals surface area contributed by atoms with E-state index in [-0.39, 0.29) is 17.3 Å². The number of nitrogens with zero attached hydrogens (tertiary/aromatic N) is 1. The fraction of sp³-hybridized carbons (Fsp3) is 0.200. The van der Waals surface area contributed by atoms with Gasteiger partial charge in [-0.3, -0.25) is 10.1 Å². The van der Waals surface area contributed by atoms with Crippen LogP contribution in [0.15, 0.2) is 23.3 Å². The summed E-state index contributed by atoms with van der Waals surface area (Å²) in [5.41, 5.74) is 1.24. The SMILES string of the molecule is COc1ccc(C(F)(F)F)cc1C(=O)NC1=NN1. The first-order valence-corrected chi connectivity index (χ1v) is 4.82. The summed E-state index contributed by atoms with van der Waals surface area (Å²) in [5.74, 6) is -0.456. The second-order valence-corrected chi connectivity index (χ2v) is 3.44. The molecule has 0 fully saturated rings. The lowest BCUT2D eigenvalue weighted by atomic mass is 10.1. The summed E-state index contributed by atoms with van der Waals surface area (Å²) < 4.78 is 42.4.